The number of hydrogen-bond donors (Lipinski definition) is 1. The Morgan fingerprint density at radius 1 is 0.972 bits per heavy atom. The molecule has 182 valence electrons. The van der Waals surface area contributed by atoms with Crippen molar-refractivity contribution in [3.8, 4) is 17.1 Å². The molecule has 4 aromatic rings. The van der Waals surface area contributed by atoms with Crippen LogP contribution in [0.3, 0.4) is 0 Å². The molecule has 2 amide bonds. The second kappa shape index (κ2) is 9.61. The van der Waals surface area contributed by atoms with E-state index in [4.69, 9.17) is 9.26 Å². The van der Waals surface area contributed by atoms with Crippen LogP contribution in [0.4, 0.5) is 19.3 Å². The molecule has 0 aliphatic carbocycles. The fourth-order valence-corrected chi connectivity index (χ4v) is 4.14. The van der Waals surface area contributed by atoms with E-state index < -0.39 is 11.9 Å². The molecule has 1 aliphatic rings. The number of nitrogens with zero attached hydrogens (tertiary/aromatic N) is 3. The van der Waals surface area contributed by atoms with E-state index in [0.29, 0.717) is 40.4 Å². The van der Waals surface area contributed by atoms with Gasteiger partial charge < -0.3 is 14.6 Å². The summed E-state index contributed by atoms with van der Waals surface area (Å²) in [6, 6.07) is 17.7. The van der Waals surface area contributed by atoms with Gasteiger partial charge >= 0.3 is 6.03 Å². The zero-order valence-electron chi connectivity index (χ0n) is 19.5. The van der Waals surface area contributed by atoms with Crippen molar-refractivity contribution in [1.29, 1.82) is 0 Å². The summed E-state index contributed by atoms with van der Waals surface area (Å²) in [6.45, 7) is 4.20. The van der Waals surface area contributed by atoms with E-state index in [9.17, 15) is 13.6 Å². The van der Waals surface area contributed by atoms with Crippen LogP contribution >= 0.6 is 0 Å². The van der Waals surface area contributed by atoms with Crippen molar-refractivity contribution in [2.24, 2.45) is 0 Å². The lowest BCUT2D eigenvalue weighted by atomic mass is 9.94. The highest BCUT2D eigenvalue weighted by Gasteiger charge is 2.36. The highest BCUT2D eigenvalue weighted by atomic mass is 19.1. The molecule has 0 fully saturated rings. The Hall–Kier alpha value is -4.53. The summed E-state index contributed by atoms with van der Waals surface area (Å²) in [6.07, 6.45) is 0. The Labute approximate surface area is 206 Å². The molecule has 36 heavy (non-hydrogen) atoms. The number of benzene rings is 3. The zero-order valence-corrected chi connectivity index (χ0v) is 19.5. The number of aromatic nitrogens is 2. The van der Waals surface area contributed by atoms with Crippen molar-refractivity contribution < 1.29 is 22.8 Å². The molecular weight excluding hydrogens is 466 g/mol. The molecule has 0 saturated carbocycles. The quantitative estimate of drug-likeness (QED) is 0.354. The van der Waals surface area contributed by atoms with Gasteiger partial charge in [0.05, 0.1) is 23.9 Å². The number of rotatable bonds is 6. The molecular formula is C27H22F2N4O3. The van der Waals surface area contributed by atoms with Crippen molar-refractivity contribution >= 4 is 17.3 Å². The molecule has 2 heterocycles. The summed E-state index contributed by atoms with van der Waals surface area (Å²) in [5, 5.41) is 7.04. The van der Waals surface area contributed by atoms with Gasteiger partial charge in [0.25, 0.3) is 5.89 Å². The van der Waals surface area contributed by atoms with Crippen LogP contribution in [0.2, 0.25) is 0 Å². The Morgan fingerprint density at radius 2 is 1.61 bits per heavy atom. The summed E-state index contributed by atoms with van der Waals surface area (Å²) in [5.41, 5.74) is 2.95. The Balaban J connectivity index is 1.61. The van der Waals surface area contributed by atoms with E-state index in [1.165, 1.54) is 29.2 Å². The van der Waals surface area contributed by atoms with E-state index in [1.54, 1.807) is 55.5 Å². The average molecular weight is 488 g/mol. The average Bonchev–Trinajstić information content (AvgIpc) is 3.35. The molecule has 0 bridgehead atoms. The normalized spacial score (nSPS) is 15.7. The fourth-order valence-electron chi connectivity index (χ4n) is 4.14. The van der Waals surface area contributed by atoms with Crippen molar-refractivity contribution in [2.45, 2.75) is 19.9 Å². The first kappa shape index (κ1) is 23.2. The molecule has 1 atom stereocenters. The Morgan fingerprint density at radius 3 is 2.25 bits per heavy atom. The monoisotopic (exact) mass is 488 g/mol. The summed E-state index contributed by atoms with van der Waals surface area (Å²) < 4.78 is 38.1. The summed E-state index contributed by atoms with van der Waals surface area (Å²) >= 11 is 0. The molecule has 0 spiro atoms. The maximum atomic E-state index is 13.6. The van der Waals surface area contributed by atoms with Gasteiger partial charge in [-0.3, -0.25) is 4.90 Å². The third-order valence-electron chi connectivity index (χ3n) is 5.85. The van der Waals surface area contributed by atoms with E-state index in [0.717, 1.165) is 0 Å². The number of carbonyl (C=O) groups excluding carboxylic acids is 1. The van der Waals surface area contributed by atoms with Gasteiger partial charge in [-0.25, -0.2) is 13.6 Å². The number of ether oxygens (including phenoxy) is 1. The molecule has 3 aromatic carbocycles. The maximum Gasteiger partial charge on any atom is 0.326 e. The molecule has 7 nitrogen and oxygen atoms in total. The van der Waals surface area contributed by atoms with E-state index >= 15 is 0 Å². The van der Waals surface area contributed by atoms with E-state index in [-0.39, 0.29) is 23.6 Å². The lowest BCUT2D eigenvalue weighted by molar-refractivity contribution is 0.244. The number of carbonyl (C=O) groups is 1. The van der Waals surface area contributed by atoms with Gasteiger partial charge in [-0.15, -0.1) is 0 Å². The van der Waals surface area contributed by atoms with Crippen LogP contribution in [0.5, 0.6) is 5.75 Å². The predicted molar refractivity (Wildman–Crippen MR) is 130 cm³/mol. The summed E-state index contributed by atoms with van der Waals surface area (Å²) in [7, 11) is 0. The highest BCUT2D eigenvalue weighted by Crippen LogP contribution is 2.39. The van der Waals surface area contributed by atoms with Crippen LogP contribution < -0.4 is 15.0 Å². The van der Waals surface area contributed by atoms with Gasteiger partial charge in [0.1, 0.15) is 17.4 Å². The van der Waals surface area contributed by atoms with Gasteiger partial charge in [0, 0.05) is 11.3 Å². The third kappa shape index (κ3) is 4.43. The van der Waals surface area contributed by atoms with Gasteiger partial charge in [0.15, 0.2) is 0 Å². The lowest BCUT2D eigenvalue weighted by Crippen LogP contribution is -2.46. The maximum absolute atomic E-state index is 13.6. The minimum absolute atomic E-state index is 0.178. The van der Waals surface area contributed by atoms with Gasteiger partial charge in [-0.1, -0.05) is 17.3 Å². The first-order chi connectivity index (χ1) is 17.4. The van der Waals surface area contributed by atoms with E-state index in [1.807, 2.05) is 6.92 Å². The fraction of sp³-hybridized carbons (Fsp3) is 0.148. The van der Waals surface area contributed by atoms with Crippen LogP contribution in [0.1, 0.15) is 31.3 Å². The molecule has 0 saturated heterocycles. The number of urea groups is 1. The molecule has 0 radical (unpaired) electrons. The molecule has 1 unspecified atom stereocenters. The third-order valence-corrected chi connectivity index (χ3v) is 5.85. The number of allylic oxidation sites excluding steroid dienone is 1. The lowest BCUT2D eigenvalue weighted by Gasteiger charge is -2.35. The van der Waals surface area contributed by atoms with E-state index in [2.05, 4.69) is 15.5 Å². The molecule has 1 aromatic heterocycles. The summed E-state index contributed by atoms with van der Waals surface area (Å²) in [4.78, 5) is 19.3. The number of hydrogen-bond acceptors (Lipinski definition) is 5. The second-order valence-corrected chi connectivity index (χ2v) is 8.13. The standard InChI is InChI=1S/C27H22F2N4O3/c1-3-35-22-14-12-21(13-15-22)33-16(2)23(24(30-27(33)34)17-4-8-19(28)9-5-17)26-31-25(32-36-26)18-6-10-20(29)11-7-18/h4-15,24H,3H2,1-2H3,(H,30,34). The summed E-state index contributed by atoms with van der Waals surface area (Å²) in [5.74, 6) is 0.365. The van der Waals surface area contributed by atoms with Crippen LogP contribution in [-0.4, -0.2) is 22.8 Å². The van der Waals surface area contributed by atoms with Gasteiger partial charge in [-0.05, 0) is 80.1 Å². The topological polar surface area (TPSA) is 80.5 Å². The van der Waals surface area contributed by atoms with Crippen LogP contribution in [0, 0.1) is 11.6 Å². The second-order valence-electron chi connectivity index (χ2n) is 8.13. The molecule has 1 aliphatic heterocycles. The smallest absolute Gasteiger partial charge is 0.326 e. The first-order valence-corrected chi connectivity index (χ1v) is 11.3. The zero-order chi connectivity index (χ0) is 25.2. The largest absolute Gasteiger partial charge is 0.494 e. The molecule has 5 rings (SSSR count). The van der Waals surface area contributed by atoms with Gasteiger partial charge in [0.2, 0.25) is 5.82 Å². The number of halogens is 2. The predicted octanol–water partition coefficient (Wildman–Crippen LogP) is 6.12. The molecule has 1 N–H and O–H groups in total. The Kier molecular flexibility index (Phi) is 6.20. The first-order valence-electron chi connectivity index (χ1n) is 11.3. The van der Waals surface area contributed by atoms with Crippen molar-refractivity contribution in [1.82, 2.24) is 15.5 Å². The van der Waals surface area contributed by atoms with Crippen LogP contribution in [0.15, 0.2) is 83.0 Å². The highest BCUT2D eigenvalue weighted by molar-refractivity contribution is 6.01. The van der Waals surface area contributed by atoms with Crippen LogP contribution in [-0.2, 0) is 0 Å². The van der Waals surface area contributed by atoms with Crippen LogP contribution in [0.25, 0.3) is 17.0 Å². The number of nitrogens with one attached hydrogen (secondary N) is 1. The van der Waals surface area contributed by atoms with Gasteiger partial charge in [-0.2, -0.15) is 4.98 Å². The Bertz CT molecular complexity index is 1410. The minimum Gasteiger partial charge on any atom is -0.494 e. The van der Waals surface area contributed by atoms with Crippen molar-refractivity contribution in [3.05, 3.63) is 102 Å². The SMILES string of the molecule is CCOc1ccc(N2C(=O)NC(c3ccc(F)cc3)C(c3nc(-c4ccc(F)cc4)no3)=C2C)cc1. The van der Waals surface area contributed by atoms with Crippen molar-refractivity contribution in [2.75, 3.05) is 11.5 Å². The number of amides is 2. The molecule has 9 heteroatoms. The minimum atomic E-state index is -0.668. The van der Waals surface area contributed by atoms with Crippen molar-refractivity contribution in [3.63, 3.8) is 0 Å². The number of anilines is 1.